The van der Waals surface area contributed by atoms with E-state index >= 15 is 0 Å². The van der Waals surface area contributed by atoms with Crippen LogP contribution in [0.4, 0.5) is 0 Å². The van der Waals surface area contributed by atoms with Crippen LogP contribution >= 0.6 is 0 Å². The topological polar surface area (TPSA) is 111 Å². The summed E-state index contributed by atoms with van der Waals surface area (Å²) in [5.41, 5.74) is 16.0. The minimum absolute atomic E-state index is 0.124. The fourth-order valence-electron chi connectivity index (χ4n) is 12.7. The molecule has 8 heteroatoms. The molecule has 0 bridgehead atoms. The molecule has 8 aromatic carbocycles. The fraction of sp³-hybridized carbons (Fsp3) is 0.257. The van der Waals surface area contributed by atoms with Gasteiger partial charge in [-0.1, -0.05) is 221 Å². The summed E-state index contributed by atoms with van der Waals surface area (Å²) in [7, 11) is 0. The molecule has 8 nitrogen and oxygen atoms in total. The molecule has 394 valence electrons. The van der Waals surface area contributed by atoms with Gasteiger partial charge < -0.3 is 9.68 Å². The number of hydrogen-bond acceptors (Lipinski definition) is 8. The monoisotopic (exact) mass is 1030 g/mol. The van der Waals surface area contributed by atoms with Crippen LogP contribution in [0.5, 0.6) is 0 Å². The molecule has 10 rings (SSSR count). The second-order valence-electron chi connectivity index (χ2n) is 20.8. The largest absolute Gasteiger partial charge is 0.332 e. The molecule has 0 N–H and O–H groups in total. The molecule has 0 aromatic heterocycles. The summed E-state index contributed by atoms with van der Waals surface area (Å²) >= 11 is 0. The molecule has 0 atom stereocenters. The first-order chi connectivity index (χ1) is 37.8. The van der Waals surface area contributed by atoms with Gasteiger partial charge in [-0.2, -0.15) is 0 Å². The molecule has 8 aromatic rings. The predicted octanol–water partition coefficient (Wildman–Crippen LogP) is 16.8. The van der Waals surface area contributed by atoms with Gasteiger partial charge in [0.1, 0.15) is 0 Å². The summed E-state index contributed by atoms with van der Waals surface area (Å²) in [6, 6.07) is 57.0. The number of carbonyl (C=O) groups excluding carboxylic acids is 4. The van der Waals surface area contributed by atoms with Crippen molar-refractivity contribution >= 4 is 45.7 Å². The third-order valence-electron chi connectivity index (χ3n) is 15.7. The number of ketones is 2. The Morgan fingerprint density at radius 3 is 1.33 bits per heavy atom. The zero-order chi connectivity index (χ0) is 55.1. The number of carbonyl (C=O) groups is 4. The van der Waals surface area contributed by atoms with Gasteiger partial charge in [0.15, 0.2) is 11.4 Å². The Kier molecular flexibility index (Phi) is 16.4. The van der Waals surface area contributed by atoms with Crippen molar-refractivity contribution in [3.63, 3.8) is 0 Å². The van der Waals surface area contributed by atoms with Crippen LogP contribution in [-0.2, 0) is 30.1 Å². The summed E-state index contributed by atoms with van der Waals surface area (Å²) in [6.07, 6.45) is 8.20. The molecule has 78 heavy (non-hydrogen) atoms. The van der Waals surface area contributed by atoms with E-state index in [1.165, 1.54) is 58.4 Å². The van der Waals surface area contributed by atoms with Gasteiger partial charge in [-0.15, -0.1) is 0 Å². The number of aryl methyl sites for hydroxylation is 2. The highest BCUT2D eigenvalue weighted by Crippen LogP contribution is 2.55. The standard InChI is InChI=1S/C36H35NO3.C34H33NO3/c1-5-21-36(22-6-2)31-18-11-10-16-29(31)30-20-19-27(23-32(30)36)35(39)34(37-40-25(4)38)33-24(3)13-12-17-28(33)26-14-8-7-9-15-26;1-5-19-34(20-6-2)29-14-10-9-13-27(29)28-18-17-25(21-30(28)34)33(37)32(35-38-23(4)36)31-22(3)15-16-24-11-7-8-12-26(24)31/h7-20,23H,5-6,21-22H2,1-4H3;7-18,21H,5-6,19-20H2,1-4H3/b37-34-;35-32+. The molecule has 0 radical (unpaired) electrons. The van der Waals surface area contributed by atoms with E-state index in [0.717, 1.165) is 84.4 Å². The molecule has 0 aliphatic heterocycles. The number of benzene rings is 8. The molecule has 0 unspecified atom stereocenters. The van der Waals surface area contributed by atoms with Crippen LogP contribution in [0, 0.1) is 13.8 Å². The van der Waals surface area contributed by atoms with Crippen molar-refractivity contribution in [1.29, 1.82) is 0 Å². The first-order valence-electron chi connectivity index (χ1n) is 27.6. The van der Waals surface area contributed by atoms with Gasteiger partial charge in [0.25, 0.3) is 0 Å². The lowest BCUT2D eigenvalue weighted by Crippen LogP contribution is -2.26. The van der Waals surface area contributed by atoms with Gasteiger partial charge in [0, 0.05) is 46.9 Å². The first kappa shape index (κ1) is 54.4. The highest BCUT2D eigenvalue weighted by molar-refractivity contribution is 6.53. The lowest BCUT2D eigenvalue weighted by Gasteiger charge is -2.32. The van der Waals surface area contributed by atoms with Crippen molar-refractivity contribution in [3.05, 3.63) is 225 Å². The summed E-state index contributed by atoms with van der Waals surface area (Å²) in [6.45, 7) is 15.4. The number of oxime groups is 2. The smallest absolute Gasteiger partial charge is 0.318 e. The average Bonchev–Trinajstić information content (AvgIpc) is 4.00. The summed E-state index contributed by atoms with van der Waals surface area (Å²) < 4.78 is 0. The molecule has 0 saturated carbocycles. The Balaban J connectivity index is 0.000000190. The fourth-order valence-corrected chi connectivity index (χ4v) is 12.7. The molecule has 0 spiro atoms. The minimum Gasteiger partial charge on any atom is -0.318 e. The number of rotatable bonds is 17. The number of Topliss-reactive ketones (excluding diaryl/α,β-unsaturated/α-hetero) is 2. The highest BCUT2D eigenvalue weighted by atomic mass is 16.7. The van der Waals surface area contributed by atoms with Crippen LogP contribution in [0.25, 0.3) is 44.2 Å². The van der Waals surface area contributed by atoms with E-state index in [4.69, 9.17) is 9.68 Å². The highest BCUT2D eigenvalue weighted by Gasteiger charge is 2.44. The quantitative estimate of drug-likeness (QED) is 0.0389. The maximum absolute atomic E-state index is 14.4. The molecule has 2 aliphatic carbocycles. The summed E-state index contributed by atoms with van der Waals surface area (Å²) in [5.74, 6) is -1.67. The van der Waals surface area contributed by atoms with E-state index in [2.05, 4.69) is 111 Å². The Bertz CT molecular complexity index is 3650. The molecule has 0 fully saturated rings. The Hall–Kier alpha value is -8.36. The van der Waals surface area contributed by atoms with E-state index in [1.807, 2.05) is 111 Å². The van der Waals surface area contributed by atoms with Crippen LogP contribution < -0.4 is 0 Å². The van der Waals surface area contributed by atoms with E-state index in [9.17, 15) is 19.2 Å². The molecule has 2 aliphatic rings. The molecule has 0 heterocycles. The number of hydrogen-bond donors (Lipinski definition) is 0. The van der Waals surface area contributed by atoms with Crippen LogP contribution in [-0.4, -0.2) is 34.9 Å². The lowest BCUT2D eigenvalue weighted by atomic mass is 9.71. The summed E-state index contributed by atoms with van der Waals surface area (Å²) in [4.78, 5) is 62.4. The van der Waals surface area contributed by atoms with Gasteiger partial charge in [-0.25, -0.2) is 9.59 Å². The number of nitrogens with zero attached hydrogens (tertiary/aromatic N) is 2. The van der Waals surface area contributed by atoms with Crippen molar-refractivity contribution in [2.75, 3.05) is 0 Å². The predicted molar refractivity (Wildman–Crippen MR) is 316 cm³/mol. The minimum atomic E-state index is -0.575. The lowest BCUT2D eigenvalue weighted by molar-refractivity contribution is -0.141. The van der Waals surface area contributed by atoms with E-state index in [0.29, 0.717) is 22.3 Å². The van der Waals surface area contributed by atoms with Crippen molar-refractivity contribution in [1.82, 2.24) is 0 Å². The Morgan fingerprint density at radius 2 is 0.833 bits per heavy atom. The third kappa shape index (κ3) is 10.2. The van der Waals surface area contributed by atoms with E-state index in [1.54, 1.807) is 0 Å². The van der Waals surface area contributed by atoms with Gasteiger partial charge in [-0.3, -0.25) is 9.59 Å². The molecular weight excluding hydrogens is 965 g/mol. The van der Waals surface area contributed by atoms with Gasteiger partial charge in [0.05, 0.1) is 0 Å². The zero-order valence-corrected chi connectivity index (χ0v) is 46.2. The maximum atomic E-state index is 14.4. The zero-order valence-electron chi connectivity index (χ0n) is 46.2. The van der Waals surface area contributed by atoms with Crippen LogP contribution in [0.2, 0.25) is 0 Å². The van der Waals surface area contributed by atoms with Crippen molar-refractivity contribution in [2.45, 2.75) is 118 Å². The summed E-state index contributed by atoms with van der Waals surface area (Å²) in [5, 5.41) is 10.2. The second kappa shape index (κ2) is 23.5. The van der Waals surface area contributed by atoms with Crippen LogP contribution in [0.15, 0.2) is 180 Å². The van der Waals surface area contributed by atoms with Gasteiger partial charge >= 0.3 is 11.9 Å². The van der Waals surface area contributed by atoms with Crippen molar-refractivity contribution in [2.24, 2.45) is 10.3 Å². The Morgan fingerprint density at radius 1 is 0.410 bits per heavy atom. The van der Waals surface area contributed by atoms with Gasteiger partial charge in [0.2, 0.25) is 11.6 Å². The Labute approximate surface area is 459 Å². The average molecular weight is 1030 g/mol. The third-order valence-corrected chi connectivity index (χ3v) is 15.7. The SMILES string of the molecule is CCCC1(CCC)c2ccccc2-c2ccc(C(=O)/C(=N/OC(C)=O)c3c(C)ccc4ccccc34)cc21.CCCC1(CCC)c2ccccc2-c2ccc(C(=O)/C(=N\OC(C)=O)c3c(C)cccc3-c3ccccc3)cc21. The van der Waals surface area contributed by atoms with Crippen LogP contribution in [0.1, 0.15) is 158 Å². The van der Waals surface area contributed by atoms with E-state index in [-0.39, 0.29) is 33.8 Å². The first-order valence-corrected chi connectivity index (χ1v) is 27.6. The second-order valence-corrected chi connectivity index (χ2v) is 20.8. The van der Waals surface area contributed by atoms with Crippen molar-refractivity contribution in [3.8, 4) is 33.4 Å². The van der Waals surface area contributed by atoms with Crippen LogP contribution in [0.3, 0.4) is 0 Å². The maximum Gasteiger partial charge on any atom is 0.332 e. The molecule has 0 amide bonds. The molecule has 0 saturated heterocycles. The number of fused-ring (bicyclic) bond motifs is 7. The van der Waals surface area contributed by atoms with E-state index < -0.39 is 11.9 Å². The van der Waals surface area contributed by atoms with Gasteiger partial charge in [-0.05, 0) is 129 Å². The molecular formula is C70H68N2O6. The normalized spacial score (nSPS) is 13.6. The van der Waals surface area contributed by atoms with Crippen molar-refractivity contribution < 1.29 is 28.9 Å².